The summed E-state index contributed by atoms with van der Waals surface area (Å²) >= 11 is 8.08. The van der Waals surface area contributed by atoms with Crippen LogP contribution in [0, 0.1) is 19.8 Å². The molecule has 1 aliphatic heterocycles. The molecule has 3 aromatic rings. The molecule has 1 fully saturated rings. The molecule has 2 aliphatic rings. The first-order chi connectivity index (χ1) is 16.3. The number of aryl methyl sites for hydroxylation is 3. The van der Waals surface area contributed by atoms with Crippen molar-refractivity contribution in [2.24, 2.45) is 5.92 Å². The smallest absolute Gasteiger partial charge is 0.263 e. The maximum absolute atomic E-state index is 13.8. The van der Waals surface area contributed by atoms with Gasteiger partial charge >= 0.3 is 0 Å². The molecular formula is C26H31ClN4O2S. The molecular weight excluding hydrogens is 468 g/mol. The Hall–Kier alpha value is -2.22. The lowest BCUT2D eigenvalue weighted by Crippen LogP contribution is -2.34. The average molecular weight is 499 g/mol. The molecule has 1 amide bonds. The molecule has 6 nitrogen and oxygen atoms in total. The largest absolute Gasteiger partial charge is 0.323 e. The van der Waals surface area contributed by atoms with Crippen LogP contribution in [0.5, 0.6) is 0 Å². The van der Waals surface area contributed by atoms with E-state index in [-0.39, 0.29) is 18.0 Å². The molecule has 1 saturated heterocycles. The van der Waals surface area contributed by atoms with Gasteiger partial charge in [-0.2, -0.15) is 0 Å². The van der Waals surface area contributed by atoms with E-state index in [2.05, 4.69) is 17.1 Å². The summed E-state index contributed by atoms with van der Waals surface area (Å²) < 4.78 is 1.60. The van der Waals surface area contributed by atoms with E-state index in [1.807, 2.05) is 26.0 Å². The number of aromatic nitrogens is 2. The predicted molar refractivity (Wildman–Crippen MR) is 139 cm³/mol. The molecule has 1 aromatic carbocycles. The number of anilines is 1. The van der Waals surface area contributed by atoms with Crippen LogP contribution in [0.3, 0.4) is 0 Å². The Kier molecular flexibility index (Phi) is 6.53. The van der Waals surface area contributed by atoms with Gasteiger partial charge < -0.3 is 5.32 Å². The third kappa shape index (κ3) is 4.53. The van der Waals surface area contributed by atoms with Crippen molar-refractivity contribution in [2.45, 2.75) is 66.0 Å². The second kappa shape index (κ2) is 9.44. The van der Waals surface area contributed by atoms with Crippen LogP contribution in [0.1, 0.15) is 53.6 Å². The molecule has 8 heteroatoms. The topological polar surface area (TPSA) is 67.2 Å². The van der Waals surface area contributed by atoms with E-state index in [0.717, 1.165) is 72.1 Å². The normalized spacial score (nSPS) is 18.4. The van der Waals surface area contributed by atoms with Gasteiger partial charge in [0.1, 0.15) is 17.2 Å². The number of fused-ring (bicyclic) bond motifs is 3. The fourth-order valence-corrected chi connectivity index (χ4v) is 7.05. The van der Waals surface area contributed by atoms with Gasteiger partial charge in [-0.3, -0.25) is 19.1 Å². The van der Waals surface area contributed by atoms with Gasteiger partial charge in [0.05, 0.1) is 22.6 Å². The molecule has 0 saturated carbocycles. The van der Waals surface area contributed by atoms with E-state index in [0.29, 0.717) is 29.0 Å². The summed E-state index contributed by atoms with van der Waals surface area (Å²) in [7, 11) is 0. The van der Waals surface area contributed by atoms with Crippen molar-refractivity contribution in [3.63, 3.8) is 0 Å². The fourth-order valence-electron chi connectivity index (χ4n) is 5.29. The Morgan fingerprint density at radius 1 is 1.26 bits per heavy atom. The minimum atomic E-state index is -0.266. The fraction of sp³-hybridized carbons (Fsp3) is 0.500. The molecule has 180 valence electrons. The number of halogens is 1. The number of hydrogen-bond acceptors (Lipinski definition) is 5. The average Bonchev–Trinajstić information content (AvgIpc) is 3.40. The van der Waals surface area contributed by atoms with Gasteiger partial charge in [-0.05, 0) is 87.7 Å². The summed E-state index contributed by atoms with van der Waals surface area (Å²) in [5.41, 5.74) is 3.60. The number of nitrogens with zero attached hydrogens (tertiary/aromatic N) is 3. The summed E-state index contributed by atoms with van der Waals surface area (Å²) in [5, 5.41) is 4.16. The molecule has 0 bridgehead atoms. The van der Waals surface area contributed by atoms with Crippen LogP contribution in [0.15, 0.2) is 16.9 Å². The number of nitrogens with one attached hydrogen (secondary N) is 1. The highest BCUT2D eigenvalue weighted by Crippen LogP contribution is 2.36. The van der Waals surface area contributed by atoms with E-state index in [4.69, 9.17) is 16.6 Å². The molecule has 0 spiro atoms. The van der Waals surface area contributed by atoms with Gasteiger partial charge in [0.2, 0.25) is 5.91 Å². The first kappa shape index (κ1) is 23.5. The zero-order valence-corrected chi connectivity index (χ0v) is 21.6. The number of likely N-dealkylation sites (tertiary alicyclic amines) is 1. The quantitative estimate of drug-likeness (QED) is 0.532. The number of carbonyl (C=O) groups is 1. The monoisotopic (exact) mass is 498 g/mol. The lowest BCUT2D eigenvalue weighted by Gasteiger charge is -2.19. The number of thiophene rings is 1. The molecule has 1 atom stereocenters. The van der Waals surface area contributed by atoms with Gasteiger partial charge in [-0.1, -0.05) is 24.6 Å². The number of rotatable bonds is 5. The van der Waals surface area contributed by atoms with E-state index < -0.39 is 0 Å². The maximum Gasteiger partial charge on any atom is 0.263 e. The molecule has 5 rings (SSSR count). The van der Waals surface area contributed by atoms with E-state index in [9.17, 15) is 9.59 Å². The molecule has 0 radical (unpaired) electrons. The first-order valence-electron chi connectivity index (χ1n) is 12.1. The lowest BCUT2D eigenvalue weighted by molar-refractivity contribution is -0.116. The van der Waals surface area contributed by atoms with Crippen LogP contribution in [0.4, 0.5) is 5.69 Å². The molecule has 3 heterocycles. The van der Waals surface area contributed by atoms with Crippen LogP contribution in [-0.4, -0.2) is 33.4 Å². The summed E-state index contributed by atoms with van der Waals surface area (Å²) in [4.78, 5) is 36.4. The Labute approximate surface area is 208 Å². The highest BCUT2D eigenvalue weighted by Gasteiger charge is 2.26. The second-order valence-electron chi connectivity index (χ2n) is 9.92. The van der Waals surface area contributed by atoms with Crippen LogP contribution in [0.2, 0.25) is 5.02 Å². The summed E-state index contributed by atoms with van der Waals surface area (Å²) in [6.07, 6.45) is 5.30. The minimum Gasteiger partial charge on any atom is -0.323 e. The number of hydrogen-bond donors (Lipinski definition) is 1. The predicted octanol–water partition coefficient (Wildman–Crippen LogP) is 5.09. The summed E-state index contributed by atoms with van der Waals surface area (Å²) in [5.74, 6) is 1.03. The third-order valence-electron chi connectivity index (χ3n) is 7.06. The van der Waals surface area contributed by atoms with Crippen LogP contribution in [0.25, 0.3) is 10.2 Å². The van der Waals surface area contributed by atoms with Gasteiger partial charge in [0.25, 0.3) is 5.56 Å². The molecule has 1 unspecified atom stereocenters. The molecule has 1 N–H and O–H groups in total. The molecule has 2 aromatic heterocycles. The van der Waals surface area contributed by atoms with Gasteiger partial charge in [0, 0.05) is 4.88 Å². The maximum atomic E-state index is 13.8. The van der Waals surface area contributed by atoms with Gasteiger partial charge in [-0.15, -0.1) is 11.3 Å². The zero-order chi connectivity index (χ0) is 24.0. The number of carbonyl (C=O) groups excluding carboxylic acids is 1. The standard InChI is InChI=1S/C26H31ClN4O2S/c1-15-6-7-18-20(12-15)34-25-23(18)26(33)31(21(28-25)13-30-8-4-5-9-30)14-22(32)29-24-17(3)10-16(2)11-19(24)27/h10-11,15H,4-9,12-14H2,1-3H3,(H,29,32). The van der Waals surface area contributed by atoms with E-state index in [1.165, 1.54) is 4.88 Å². The van der Waals surface area contributed by atoms with Crippen molar-refractivity contribution in [2.75, 3.05) is 18.4 Å². The summed E-state index contributed by atoms with van der Waals surface area (Å²) in [6.45, 7) is 8.66. The highest BCUT2D eigenvalue weighted by molar-refractivity contribution is 7.18. The molecule has 34 heavy (non-hydrogen) atoms. The second-order valence-corrected chi connectivity index (χ2v) is 11.4. The third-order valence-corrected chi connectivity index (χ3v) is 8.50. The van der Waals surface area contributed by atoms with Crippen molar-refractivity contribution in [3.05, 3.63) is 54.9 Å². The van der Waals surface area contributed by atoms with Crippen molar-refractivity contribution < 1.29 is 4.79 Å². The molecule has 1 aliphatic carbocycles. The Morgan fingerprint density at radius 2 is 2.03 bits per heavy atom. The lowest BCUT2D eigenvalue weighted by atomic mass is 9.89. The van der Waals surface area contributed by atoms with Crippen molar-refractivity contribution in [1.29, 1.82) is 0 Å². The van der Waals surface area contributed by atoms with Crippen LogP contribution < -0.4 is 10.9 Å². The Bertz CT molecular complexity index is 1300. The number of benzene rings is 1. The zero-order valence-electron chi connectivity index (χ0n) is 20.0. The van der Waals surface area contributed by atoms with E-state index in [1.54, 1.807) is 15.9 Å². The first-order valence-corrected chi connectivity index (χ1v) is 13.3. The van der Waals surface area contributed by atoms with Crippen molar-refractivity contribution in [3.8, 4) is 0 Å². The van der Waals surface area contributed by atoms with Gasteiger partial charge in [-0.25, -0.2) is 4.98 Å². The van der Waals surface area contributed by atoms with E-state index >= 15 is 0 Å². The van der Waals surface area contributed by atoms with Crippen LogP contribution >= 0.6 is 22.9 Å². The number of amides is 1. The highest BCUT2D eigenvalue weighted by atomic mass is 35.5. The minimum absolute atomic E-state index is 0.0738. The van der Waals surface area contributed by atoms with Crippen molar-refractivity contribution >= 4 is 44.7 Å². The van der Waals surface area contributed by atoms with Crippen molar-refractivity contribution in [1.82, 2.24) is 14.5 Å². The SMILES string of the molecule is Cc1cc(C)c(NC(=O)Cn2c(CN3CCCC3)nc3sc4c(c3c2=O)CCC(C)C4)c(Cl)c1. The van der Waals surface area contributed by atoms with Crippen LogP contribution in [-0.2, 0) is 30.7 Å². The summed E-state index contributed by atoms with van der Waals surface area (Å²) in [6, 6.07) is 3.82. The Balaban J connectivity index is 1.53. The Morgan fingerprint density at radius 3 is 2.76 bits per heavy atom. The van der Waals surface area contributed by atoms with Gasteiger partial charge in [0.15, 0.2) is 0 Å².